The fourth-order valence-electron chi connectivity index (χ4n) is 4.16. The number of nitrogens with one attached hydrogen (secondary N) is 1. The van der Waals surface area contributed by atoms with Crippen LogP contribution in [0, 0.1) is 0 Å². The van der Waals surface area contributed by atoms with Gasteiger partial charge >= 0.3 is 5.18 Å². The number of aromatic nitrogens is 1. The van der Waals surface area contributed by atoms with E-state index in [2.05, 4.69) is 28.5 Å². The Labute approximate surface area is 183 Å². The molecule has 1 amide bonds. The van der Waals surface area contributed by atoms with Crippen molar-refractivity contribution in [2.45, 2.75) is 17.6 Å². The van der Waals surface area contributed by atoms with E-state index >= 15 is 0 Å². The zero-order valence-corrected chi connectivity index (χ0v) is 17.3. The van der Waals surface area contributed by atoms with Crippen LogP contribution in [0.4, 0.5) is 0 Å². The van der Waals surface area contributed by atoms with Crippen LogP contribution in [-0.4, -0.2) is 26.8 Å². The van der Waals surface area contributed by atoms with Crippen molar-refractivity contribution in [2.75, 3.05) is 0 Å². The number of hydrazone groups is 1. The van der Waals surface area contributed by atoms with Crippen molar-refractivity contribution >= 4 is 29.5 Å². The first-order valence-corrected chi connectivity index (χ1v) is 10.9. The lowest BCUT2D eigenvalue weighted by atomic mass is 9.97. The van der Waals surface area contributed by atoms with Crippen LogP contribution in [0.15, 0.2) is 89.1 Å². The van der Waals surface area contributed by atoms with Gasteiger partial charge in [0.1, 0.15) is 5.75 Å². The second-order valence-corrected chi connectivity index (χ2v) is 8.75. The van der Waals surface area contributed by atoms with Gasteiger partial charge in [0, 0.05) is 24.4 Å². The number of thioether (sulfide) groups is 1. The summed E-state index contributed by atoms with van der Waals surface area (Å²) in [5, 5.41) is 8.78. The van der Waals surface area contributed by atoms with E-state index in [9.17, 15) is 4.79 Å². The molecule has 3 aliphatic rings. The third kappa shape index (κ3) is 3.00. The summed E-state index contributed by atoms with van der Waals surface area (Å²) in [4.78, 5) is 17.6. The number of nitrogens with zero attached hydrogens (tertiary/aromatic N) is 3. The van der Waals surface area contributed by atoms with Crippen LogP contribution < -0.4 is 10.1 Å². The van der Waals surface area contributed by atoms with Gasteiger partial charge in [-0.3, -0.25) is 15.1 Å². The molecular weight excluding hydrogens is 408 g/mol. The molecule has 0 saturated carbocycles. The van der Waals surface area contributed by atoms with E-state index < -0.39 is 5.18 Å². The largest absolute Gasteiger partial charge is 0.439 e. The standard InChI is InChI=1S/C24H18N4O2S/c29-23-22(13-16-7-6-12-25-15-16)31-24(26-23)28-20(18-10-4-5-11-21(18)30-24)14-19(27-28)17-8-2-1-3-9-17/h1-13,15,20H,14H2,(H,26,29)/b22-13-/t20-,24+/m0/s1. The van der Waals surface area contributed by atoms with Crippen LogP contribution in [0.2, 0.25) is 0 Å². The van der Waals surface area contributed by atoms with Crippen molar-refractivity contribution in [1.82, 2.24) is 15.3 Å². The van der Waals surface area contributed by atoms with Gasteiger partial charge in [-0.25, -0.2) is 5.01 Å². The number of para-hydroxylation sites is 1. The number of hydrogen-bond acceptors (Lipinski definition) is 6. The summed E-state index contributed by atoms with van der Waals surface area (Å²) in [7, 11) is 0. The molecule has 6 rings (SSSR count). The summed E-state index contributed by atoms with van der Waals surface area (Å²) in [5.74, 6) is 0.582. The highest BCUT2D eigenvalue weighted by Crippen LogP contribution is 2.53. The number of carbonyl (C=O) groups excluding carboxylic acids is 1. The molecule has 3 aromatic rings. The molecule has 2 atom stereocenters. The summed E-state index contributed by atoms with van der Waals surface area (Å²) < 4.78 is 6.41. The maximum atomic E-state index is 12.9. The van der Waals surface area contributed by atoms with Crippen molar-refractivity contribution in [3.8, 4) is 5.75 Å². The molecule has 3 aliphatic heterocycles. The van der Waals surface area contributed by atoms with Crippen molar-refractivity contribution in [3.05, 3.63) is 101 Å². The van der Waals surface area contributed by atoms with Crippen molar-refractivity contribution < 1.29 is 9.53 Å². The number of fused-ring (bicyclic) bond motifs is 4. The zero-order valence-electron chi connectivity index (χ0n) is 16.4. The van der Waals surface area contributed by atoms with Gasteiger partial charge in [0.05, 0.1) is 16.7 Å². The first kappa shape index (κ1) is 18.2. The molecule has 1 aromatic heterocycles. The fraction of sp³-hybridized carbons (Fsp3) is 0.125. The molecular formula is C24H18N4O2S. The lowest BCUT2D eigenvalue weighted by molar-refractivity contribution is -0.127. The summed E-state index contributed by atoms with van der Waals surface area (Å²) >= 11 is 1.34. The summed E-state index contributed by atoms with van der Waals surface area (Å²) in [6, 6.07) is 21.8. The number of hydrogen-bond donors (Lipinski definition) is 1. The molecule has 1 fully saturated rings. The number of amides is 1. The maximum Gasteiger partial charge on any atom is 0.336 e. The topological polar surface area (TPSA) is 66.8 Å². The number of rotatable bonds is 2. The van der Waals surface area contributed by atoms with Crippen LogP contribution in [0.3, 0.4) is 0 Å². The molecule has 0 bridgehead atoms. The number of ether oxygens (including phenoxy) is 1. The number of pyridine rings is 1. The maximum absolute atomic E-state index is 12.9. The highest BCUT2D eigenvalue weighted by molar-refractivity contribution is 8.05. The Bertz CT molecular complexity index is 1230. The quantitative estimate of drug-likeness (QED) is 0.624. The van der Waals surface area contributed by atoms with Crippen LogP contribution in [0.5, 0.6) is 5.75 Å². The summed E-state index contributed by atoms with van der Waals surface area (Å²) in [6.07, 6.45) is 6.01. The second-order valence-electron chi connectivity index (χ2n) is 7.55. The van der Waals surface area contributed by atoms with Gasteiger partial charge in [-0.2, -0.15) is 5.10 Å². The van der Waals surface area contributed by atoms with Crippen LogP contribution in [-0.2, 0) is 4.79 Å². The molecule has 1 spiro atoms. The van der Waals surface area contributed by atoms with E-state index in [4.69, 9.17) is 9.84 Å². The average molecular weight is 427 g/mol. The van der Waals surface area contributed by atoms with Crippen molar-refractivity contribution in [3.63, 3.8) is 0 Å². The van der Waals surface area contributed by atoms with Crippen molar-refractivity contribution in [1.29, 1.82) is 0 Å². The molecule has 6 nitrogen and oxygen atoms in total. The minimum Gasteiger partial charge on any atom is -0.439 e. The summed E-state index contributed by atoms with van der Waals surface area (Å²) in [6.45, 7) is 0. The summed E-state index contributed by atoms with van der Waals surface area (Å²) in [5.41, 5.74) is 3.98. The highest BCUT2D eigenvalue weighted by Gasteiger charge is 2.57. The minimum atomic E-state index is -1.12. The third-order valence-electron chi connectivity index (χ3n) is 5.57. The number of benzene rings is 2. The molecule has 0 aliphatic carbocycles. The van der Waals surface area contributed by atoms with Crippen LogP contribution in [0.1, 0.15) is 29.2 Å². The first-order valence-electron chi connectivity index (χ1n) is 10.1. The molecule has 0 radical (unpaired) electrons. The first-order chi connectivity index (χ1) is 15.2. The van der Waals surface area contributed by atoms with E-state index in [0.717, 1.165) is 34.6 Å². The Morgan fingerprint density at radius 2 is 1.94 bits per heavy atom. The van der Waals surface area contributed by atoms with E-state index in [1.165, 1.54) is 11.8 Å². The smallest absolute Gasteiger partial charge is 0.336 e. The SMILES string of the molecule is O=C1N[C@@]2(Oc3ccccc3[C@@H]3CC(c4ccccc4)=NN32)S/C1=C\c1cccnc1. The van der Waals surface area contributed by atoms with Crippen LogP contribution in [0.25, 0.3) is 6.08 Å². The molecule has 7 heteroatoms. The predicted octanol–water partition coefficient (Wildman–Crippen LogP) is 4.14. The third-order valence-corrected chi connectivity index (χ3v) is 6.74. The molecule has 2 aromatic carbocycles. The van der Waals surface area contributed by atoms with E-state index in [1.807, 2.05) is 59.6 Å². The Hall–Kier alpha value is -3.58. The van der Waals surface area contributed by atoms with Gasteiger partial charge in [-0.05, 0) is 41.1 Å². The lowest BCUT2D eigenvalue weighted by Gasteiger charge is -2.43. The number of carbonyl (C=O) groups is 1. The second kappa shape index (κ2) is 6.99. The minimum absolute atomic E-state index is 0.0225. The molecule has 4 heterocycles. The van der Waals surface area contributed by atoms with Gasteiger partial charge in [0.15, 0.2) is 0 Å². The van der Waals surface area contributed by atoms with E-state index in [-0.39, 0.29) is 11.9 Å². The molecule has 152 valence electrons. The monoisotopic (exact) mass is 426 g/mol. The van der Waals surface area contributed by atoms with Crippen LogP contribution >= 0.6 is 11.8 Å². The van der Waals surface area contributed by atoms with E-state index in [0.29, 0.717) is 4.91 Å². The Kier molecular flexibility index (Phi) is 4.11. The van der Waals surface area contributed by atoms with Crippen molar-refractivity contribution in [2.24, 2.45) is 5.10 Å². The molecule has 1 N–H and O–H groups in total. The normalized spacial score (nSPS) is 25.1. The van der Waals surface area contributed by atoms with Gasteiger partial charge in [0.2, 0.25) is 0 Å². The molecule has 31 heavy (non-hydrogen) atoms. The Morgan fingerprint density at radius 3 is 2.77 bits per heavy atom. The average Bonchev–Trinajstić information content (AvgIpc) is 3.39. The van der Waals surface area contributed by atoms with E-state index in [1.54, 1.807) is 12.4 Å². The molecule has 0 unspecified atom stereocenters. The predicted molar refractivity (Wildman–Crippen MR) is 120 cm³/mol. The Balaban J connectivity index is 1.43. The Morgan fingerprint density at radius 1 is 1.10 bits per heavy atom. The van der Waals surface area contributed by atoms with Gasteiger partial charge in [0.25, 0.3) is 5.91 Å². The lowest BCUT2D eigenvalue weighted by Crippen LogP contribution is -2.58. The molecule has 1 saturated heterocycles. The fourth-order valence-corrected chi connectivity index (χ4v) is 5.33. The highest BCUT2D eigenvalue weighted by atomic mass is 32.2. The van der Waals surface area contributed by atoms with Gasteiger partial charge in [-0.15, -0.1) is 0 Å². The van der Waals surface area contributed by atoms with Gasteiger partial charge < -0.3 is 4.74 Å². The van der Waals surface area contributed by atoms with Gasteiger partial charge in [-0.1, -0.05) is 54.6 Å². The zero-order chi connectivity index (χ0) is 20.8.